The van der Waals surface area contributed by atoms with Crippen molar-refractivity contribution in [2.45, 2.75) is 45.7 Å². The van der Waals surface area contributed by atoms with Gasteiger partial charge in [-0.2, -0.15) is 0 Å². The van der Waals surface area contributed by atoms with Gasteiger partial charge >= 0.3 is 0 Å². The van der Waals surface area contributed by atoms with Crippen molar-refractivity contribution in [1.82, 2.24) is 10.2 Å². The van der Waals surface area contributed by atoms with E-state index in [2.05, 4.69) is 65.5 Å². The second-order valence-corrected chi connectivity index (χ2v) is 9.15. The van der Waals surface area contributed by atoms with Gasteiger partial charge in [-0.3, -0.25) is 0 Å². The molecule has 0 radical (unpaired) electrons. The number of rotatable bonds is 5. The highest BCUT2D eigenvalue weighted by Crippen LogP contribution is 2.39. The Balaban J connectivity index is 1.93. The largest absolute Gasteiger partial charge is 0.316 e. The second-order valence-electron chi connectivity index (χ2n) is 6.86. The van der Waals surface area contributed by atoms with Crippen molar-refractivity contribution < 1.29 is 0 Å². The van der Waals surface area contributed by atoms with Gasteiger partial charge in [-0.1, -0.05) is 20.3 Å². The van der Waals surface area contributed by atoms with Crippen molar-refractivity contribution in [2.75, 3.05) is 20.6 Å². The zero-order chi connectivity index (χ0) is 14.8. The lowest BCUT2D eigenvalue weighted by molar-refractivity contribution is 0.0889. The number of hydrogen-bond donors (Lipinski definition) is 1. The maximum Gasteiger partial charge on any atom is 0.0701 e. The first-order chi connectivity index (χ1) is 9.42. The van der Waals surface area contributed by atoms with E-state index in [0.717, 1.165) is 12.5 Å². The molecule has 20 heavy (non-hydrogen) atoms. The number of hydrogen-bond acceptors (Lipinski definition) is 3. The minimum absolute atomic E-state index is 0.421. The Hall–Kier alpha value is 0.100. The zero-order valence-electron chi connectivity index (χ0n) is 13.1. The molecule has 4 heteroatoms. The van der Waals surface area contributed by atoms with Crippen LogP contribution in [0.1, 0.15) is 38.7 Å². The van der Waals surface area contributed by atoms with E-state index in [1.54, 1.807) is 11.3 Å². The third-order valence-electron chi connectivity index (χ3n) is 4.64. The normalized spacial score (nSPS) is 26.1. The topological polar surface area (TPSA) is 15.3 Å². The molecule has 2 unspecified atom stereocenters. The Labute approximate surface area is 136 Å². The summed E-state index contributed by atoms with van der Waals surface area (Å²) in [5.41, 5.74) is 1.84. The van der Waals surface area contributed by atoms with Crippen LogP contribution in [-0.2, 0) is 6.54 Å². The summed E-state index contributed by atoms with van der Waals surface area (Å²) in [6.07, 6.45) is 4.07. The molecule has 0 amide bonds. The molecule has 114 valence electrons. The summed E-state index contributed by atoms with van der Waals surface area (Å²) in [6, 6.07) is 2.87. The molecular formula is C16H27BrN2S. The lowest BCUT2D eigenvalue weighted by Gasteiger charge is -2.45. The van der Waals surface area contributed by atoms with Crippen molar-refractivity contribution in [3.63, 3.8) is 0 Å². The van der Waals surface area contributed by atoms with E-state index >= 15 is 0 Å². The SMILES string of the molecule is CNC1C(CN(C)Cc2csc(Br)c2)CCCC1(C)C. The molecule has 1 fully saturated rings. The van der Waals surface area contributed by atoms with Gasteiger partial charge in [0.15, 0.2) is 0 Å². The summed E-state index contributed by atoms with van der Waals surface area (Å²) in [7, 11) is 4.38. The summed E-state index contributed by atoms with van der Waals surface area (Å²) in [5.74, 6) is 0.760. The minimum atomic E-state index is 0.421. The van der Waals surface area contributed by atoms with Crippen LogP contribution in [0.4, 0.5) is 0 Å². The smallest absolute Gasteiger partial charge is 0.0701 e. The van der Waals surface area contributed by atoms with Gasteiger partial charge in [0.2, 0.25) is 0 Å². The van der Waals surface area contributed by atoms with Crippen LogP contribution in [0.2, 0.25) is 0 Å². The van der Waals surface area contributed by atoms with E-state index < -0.39 is 0 Å². The van der Waals surface area contributed by atoms with Gasteiger partial charge in [0, 0.05) is 19.1 Å². The van der Waals surface area contributed by atoms with Crippen LogP contribution in [0.25, 0.3) is 0 Å². The Bertz CT molecular complexity index is 430. The van der Waals surface area contributed by atoms with Crippen LogP contribution < -0.4 is 5.32 Å². The number of nitrogens with one attached hydrogen (secondary N) is 1. The lowest BCUT2D eigenvalue weighted by Crippen LogP contribution is -2.51. The molecule has 0 aromatic carbocycles. The molecule has 0 aliphatic heterocycles. The van der Waals surface area contributed by atoms with Crippen molar-refractivity contribution in [3.8, 4) is 0 Å². The van der Waals surface area contributed by atoms with E-state index in [1.807, 2.05) is 0 Å². The Morgan fingerprint density at radius 2 is 2.25 bits per heavy atom. The van der Waals surface area contributed by atoms with Crippen molar-refractivity contribution in [2.24, 2.45) is 11.3 Å². The third kappa shape index (κ3) is 4.06. The predicted molar refractivity (Wildman–Crippen MR) is 92.3 cm³/mol. The molecule has 2 rings (SSSR count). The summed E-state index contributed by atoms with van der Waals surface area (Å²) in [4.78, 5) is 2.48. The highest BCUT2D eigenvalue weighted by atomic mass is 79.9. The number of nitrogens with zero attached hydrogens (tertiary/aromatic N) is 1. The molecule has 0 saturated heterocycles. The lowest BCUT2D eigenvalue weighted by atomic mass is 9.68. The van der Waals surface area contributed by atoms with Crippen LogP contribution in [0.3, 0.4) is 0 Å². The van der Waals surface area contributed by atoms with Gasteiger partial charge < -0.3 is 10.2 Å². The van der Waals surface area contributed by atoms with Crippen LogP contribution in [-0.4, -0.2) is 31.6 Å². The van der Waals surface area contributed by atoms with Gasteiger partial charge in [0.25, 0.3) is 0 Å². The van der Waals surface area contributed by atoms with Crippen LogP contribution in [0, 0.1) is 11.3 Å². The summed E-state index contributed by atoms with van der Waals surface area (Å²) in [6.45, 7) is 7.06. The van der Waals surface area contributed by atoms with Crippen LogP contribution in [0.15, 0.2) is 15.2 Å². The average molecular weight is 359 g/mol. The molecule has 1 aromatic rings. The molecule has 2 nitrogen and oxygen atoms in total. The first kappa shape index (κ1) is 16.5. The molecule has 0 bridgehead atoms. The monoisotopic (exact) mass is 358 g/mol. The molecule has 0 spiro atoms. The van der Waals surface area contributed by atoms with Gasteiger partial charge in [0.1, 0.15) is 0 Å². The average Bonchev–Trinajstić information content (AvgIpc) is 2.73. The van der Waals surface area contributed by atoms with Gasteiger partial charge in [-0.25, -0.2) is 0 Å². The molecule has 1 N–H and O–H groups in total. The minimum Gasteiger partial charge on any atom is -0.316 e. The quantitative estimate of drug-likeness (QED) is 0.841. The zero-order valence-corrected chi connectivity index (χ0v) is 15.5. The Morgan fingerprint density at radius 1 is 1.50 bits per heavy atom. The molecule has 1 aliphatic rings. The van der Waals surface area contributed by atoms with Crippen LogP contribution >= 0.6 is 27.3 Å². The fraction of sp³-hybridized carbons (Fsp3) is 0.750. The van der Waals surface area contributed by atoms with E-state index in [-0.39, 0.29) is 0 Å². The van der Waals surface area contributed by atoms with E-state index in [0.29, 0.717) is 11.5 Å². The molecule has 1 heterocycles. The van der Waals surface area contributed by atoms with Gasteiger partial charge in [0.05, 0.1) is 3.79 Å². The summed E-state index contributed by atoms with van der Waals surface area (Å²) in [5, 5.41) is 5.84. The fourth-order valence-corrected chi connectivity index (χ4v) is 5.01. The molecule has 1 saturated carbocycles. The molecule has 2 atom stereocenters. The van der Waals surface area contributed by atoms with Gasteiger partial charge in [-0.15, -0.1) is 11.3 Å². The van der Waals surface area contributed by atoms with Crippen molar-refractivity contribution in [1.29, 1.82) is 0 Å². The number of thiophene rings is 1. The first-order valence-corrected chi connectivity index (χ1v) is 9.18. The Kier molecular flexibility index (Phi) is 5.69. The number of halogens is 1. The second kappa shape index (κ2) is 6.91. The maximum absolute atomic E-state index is 3.59. The van der Waals surface area contributed by atoms with Crippen LogP contribution in [0.5, 0.6) is 0 Å². The fourth-order valence-electron chi connectivity index (χ4n) is 3.81. The van der Waals surface area contributed by atoms with Crippen molar-refractivity contribution >= 4 is 27.3 Å². The Morgan fingerprint density at radius 3 is 2.85 bits per heavy atom. The third-order valence-corrected chi connectivity index (χ3v) is 6.19. The van der Waals surface area contributed by atoms with E-state index in [1.165, 1.54) is 35.2 Å². The first-order valence-electron chi connectivity index (χ1n) is 7.51. The molecular weight excluding hydrogens is 332 g/mol. The van der Waals surface area contributed by atoms with E-state index in [4.69, 9.17) is 0 Å². The highest BCUT2D eigenvalue weighted by Gasteiger charge is 2.38. The molecule has 1 aromatic heterocycles. The van der Waals surface area contributed by atoms with Gasteiger partial charge in [-0.05, 0) is 71.2 Å². The summed E-state index contributed by atoms with van der Waals surface area (Å²) < 4.78 is 1.23. The highest BCUT2D eigenvalue weighted by molar-refractivity contribution is 9.11. The summed E-state index contributed by atoms with van der Waals surface area (Å²) >= 11 is 5.32. The standard InChI is InChI=1S/C16H27BrN2S/c1-16(2)7-5-6-13(15(16)18-3)10-19(4)9-12-8-14(17)20-11-12/h8,11,13,15,18H,5-7,9-10H2,1-4H3. The van der Waals surface area contributed by atoms with Crippen molar-refractivity contribution in [3.05, 3.63) is 20.8 Å². The predicted octanol–water partition coefficient (Wildman–Crippen LogP) is 4.36. The molecule has 1 aliphatic carbocycles. The maximum atomic E-state index is 3.59. The van der Waals surface area contributed by atoms with E-state index in [9.17, 15) is 0 Å².